The summed E-state index contributed by atoms with van der Waals surface area (Å²) < 4.78 is 13.7. The second kappa shape index (κ2) is 6.52. The number of nitrogens with one attached hydrogen (secondary N) is 1. The average molecular weight is 292 g/mol. The summed E-state index contributed by atoms with van der Waals surface area (Å²) in [6, 6.07) is 7.94. The zero-order chi connectivity index (χ0) is 14.5. The van der Waals surface area contributed by atoms with E-state index in [9.17, 15) is 9.18 Å². The lowest BCUT2D eigenvalue weighted by Gasteiger charge is -2.17. The van der Waals surface area contributed by atoms with Crippen molar-refractivity contribution in [1.29, 1.82) is 0 Å². The summed E-state index contributed by atoms with van der Waals surface area (Å²) in [5, 5.41) is 4.85. The van der Waals surface area contributed by atoms with Gasteiger partial charge < -0.3 is 11.1 Å². The van der Waals surface area contributed by atoms with Crippen LogP contribution in [0.1, 0.15) is 41.0 Å². The van der Waals surface area contributed by atoms with Crippen molar-refractivity contribution < 1.29 is 9.18 Å². The van der Waals surface area contributed by atoms with Crippen LogP contribution < -0.4 is 11.1 Å². The van der Waals surface area contributed by atoms with E-state index in [0.29, 0.717) is 5.69 Å². The van der Waals surface area contributed by atoms with E-state index in [-0.39, 0.29) is 11.6 Å². The molecule has 0 spiro atoms. The van der Waals surface area contributed by atoms with Crippen LogP contribution in [0.3, 0.4) is 0 Å². The first kappa shape index (κ1) is 14.5. The number of rotatable bonds is 5. The minimum Gasteiger partial charge on any atom is -0.399 e. The molecule has 0 saturated carbocycles. The number of hydrogen-bond acceptors (Lipinski definition) is 3. The molecule has 1 heterocycles. The van der Waals surface area contributed by atoms with Crippen LogP contribution in [0.4, 0.5) is 10.1 Å². The monoisotopic (exact) mass is 292 g/mol. The fourth-order valence-corrected chi connectivity index (χ4v) is 2.83. The number of amides is 1. The van der Waals surface area contributed by atoms with Gasteiger partial charge >= 0.3 is 0 Å². The molecule has 5 heteroatoms. The summed E-state index contributed by atoms with van der Waals surface area (Å²) in [7, 11) is 0. The highest BCUT2D eigenvalue weighted by atomic mass is 32.1. The standard InChI is InChI=1S/C15H17FN2OS/c1-2-4-13(14-5-3-8-20-14)18-15(19)11-7-6-10(17)9-12(11)16/h3,5-9,13H,2,4,17H2,1H3,(H,18,19). The first-order valence-corrected chi connectivity index (χ1v) is 7.39. The lowest BCUT2D eigenvalue weighted by molar-refractivity contribution is 0.0931. The SMILES string of the molecule is CCCC(NC(=O)c1ccc(N)cc1F)c1cccs1. The van der Waals surface area contributed by atoms with E-state index in [1.165, 1.54) is 12.1 Å². The van der Waals surface area contributed by atoms with Crippen molar-refractivity contribution in [2.45, 2.75) is 25.8 Å². The molecule has 0 aliphatic rings. The molecule has 1 aromatic heterocycles. The first-order valence-electron chi connectivity index (χ1n) is 6.51. The van der Waals surface area contributed by atoms with Gasteiger partial charge in [0.25, 0.3) is 5.91 Å². The van der Waals surface area contributed by atoms with Crippen LogP contribution in [0.15, 0.2) is 35.7 Å². The van der Waals surface area contributed by atoms with Gasteiger partial charge in [0, 0.05) is 10.6 Å². The van der Waals surface area contributed by atoms with Crippen LogP contribution in [0.25, 0.3) is 0 Å². The van der Waals surface area contributed by atoms with Gasteiger partial charge in [0.2, 0.25) is 0 Å². The lowest BCUT2D eigenvalue weighted by Crippen LogP contribution is -2.28. The van der Waals surface area contributed by atoms with E-state index < -0.39 is 11.7 Å². The molecule has 0 aliphatic carbocycles. The van der Waals surface area contributed by atoms with Gasteiger partial charge in [-0.05, 0) is 36.1 Å². The highest BCUT2D eigenvalue weighted by molar-refractivity contribution is 7.10. The molecule has 106 valence electrons. The Kier molecular flexibility index (Phi) is 4.74. The molecule has 3 nitrogen and oxygen atoms in total. The van der Waals surface area contributed by atoms with E-state index >= 15 is 0 Å². The third kappa shape index (κ3) is 3.36. The maximum Gasteiger partial charge on any atom is 0.254 e. The summed E-state index contributed by atoms with van der Waals surface area (Å²) in [5.41, 5.74) is 5.82. The molecule has 0 fully saturated rings. The molecule has 1 amide bonds. The average Bonchev–Trinajstić information content (AvgIpc) is 2.91. The fraction of sp³-hybridized carbons (Fsp3) is 0.267. The molecular formula is C15H17FN2OS. The summed E-state index contributed by atoms with van der Waals surface area (Å²) in [5.74, 6) is -1.00. The van der Waals surface area contributed by atoms with Crippen LogP contribution in [-0.4, -0.2) is 5.91 Å². The molecule has 1 aromatic carbocycles. The van der Waals surface area contributed by atoms with Crippen molar-refractivity contribution in [3.8, 4) is 0 Å². The molecule has 20 heavy (non-hydrogen) atoms. The predicted octanol–water partition coefficient (Wildman–Crippen LogP) is 3.74. The number of anilines is 1. The number of nitrogen functional groups attached to an aromatic ring is 1. The molecular weight excluding hydrogens is 275 g/mol. The Morgan fingerprint density at radius 3 is 2.85 bits per heavy atom. The highest BCUT2D eigenvalue weighted by Gasteiger charge is 2.18. The lowest BCUT2D eigenvalue weighted by atomic mass is 10.1. The van der Waals surface area contributed by atoms with Crippen molar-refractivity contribution in [3.05, 3.63) is 52.0 Å². The number of halogens is 1. The van der Waals surface area contributed by atoms with E-state index in [0.717, 1.165) is 23.8 Å². The van der Waals surface area contributed by atoms with Crippen LogP contribution >= 0.6 is 11.3 Å². The maximum absolute atomic E-state index is 13.7. The third-order valence-corrected chi connectivity index (χ3v) is 3.99. The van der Waals surface area contributed by atoms with E-state index in [1.54, 1.807) is 11.3 Å². The van der Waals surface area contributed by atoms with Crippen LogP contribution in [0, 0.1) is 5.82 Å². The largest absolute Gasteiger partial charge is 0.399 e. The molecule has 0 aliphatic heterocycles. The smallest absolute Gasteiger partial charge is 0.254 e. The molecule has 1 atom stereocenters. The Bertz CT molecular complexity index is 584. The quantitative estimate of drug-likeness (QED) is 0.825. The zero-order valence-corrected chi connectivity index (χ0v) is 12.0. The number of benzene rings is 1. The summed E-state index contributed by atoms with van der Waals surface area (Å²) >= 11 is 1.59. The van der Waals surface area contributed by atoms with Gasteiger partial charge in [-0.2, -0.15) is 0 Å². The van der Waals surface area contributed by atoms with Gasteiger partial charge in [0.15, 0.2) is 0 Å². The van der Waals surface area contributed by atoms with Crippen LogP contribution in [-0.2, 0) is 0 Å². The Balaban J connectivity index is 2.16. The third-order valence-electron chi connectivity index (χ3n) is 3.01. The molecule has 0 bridgehead atoms. The number of carbonyl (C=O) groups excluding carboxylic acids is 1. The fourth-order valence-electron chi connectivity index (χ4n) is 2.02. The van der Waals surface area contributed by atoms with Gasteiger partial charge in [-0.3, -0.25) is 4.79 Å². The second-order valence-electron chi connectivity index (χ2n) is 4.57. The number of thiophene rings is 1. The molecule has 2 aromatic rings. The second-order valence-corrected chi connectivity index (χ2v) is 5.55. The summed E-state index contributed by atoms with van der Waals surface area (Å²) in [6.45, 7) is 2.05. The Morgan fingerprint density at radius 2 is 2.25 bits per heavy atom. The molecule has 3 N–H and O–H groups in total. The first-order chi connectivity index (χ1) is 9.61. The van der Waals surface area contributed by atoms with Gasteiger partial charge in [0.05, 0.1) is 11.6 Å². The normalized spacial score (nSPS) is 12.1. The topological polar surface area (TPSA) is 55.1 Å². The van der Waals surface area contributed by atoms with Gasteiger partial charge in [-0.25, -0.2) is 4.39 Å². The summed E-state index contributed by atoms with van der Waals surface area (Å²) in [4.78, 5) is 13.2. The highest BCUT2D eigenvalue weighted by Crippen LogP contribution is 2.24. The van der Waals surface area contributed by atoms with Gasteiger partial charge in [-0.15, -0.1) is 11.3 Å². The van der Waals surface area contributed by atoms with E-state index in [2.05, 4.69) is 12.2 Å². The van der Waals surface area contributed by atoms with Crippen molar-refractivity contribution in [2.24, 2.45) is 0 Å². The van der Waals surface area contributed by atoms with Crippen molar-refractivity contribution in [1.82, 2.24) is 5.32 Å². The van der Waals surface area contributed by atoms with E-state index in [4.69, 9.17) is 5.73 Å². The summed E-state index contributed by atoms with van der Waals surface area (Å²) in [6.07, 6.45) is 1.76. The molecule has 1 unspecified atom stereocenters. The zero-order valence-electron chi connectivity index (χ0n) is 11.2. The predicted molar refractivity (Wildman–Crippen MR) is 80.2 cm³/mol. The molecule has 0 saturated heterocycles. The number of carbonyl (C=O) groups is 1. The van der Waals surface area contributed by atoms with Crippen molar-refractivity contribution >= 4 is 22.9 Å². The molecule has 2 rings (SSSR count). The Labute approximate surface area is 121 Å². The minimum atomic E-state index is -0.594. The maximum atomic E-state index is 13.7. The Morgan fingerprint density at radius 1 is 1.45 bits per heavy atom. The molecule has 0 radical (unpaired) electrons. The number of hydrogen-bond donors (Lipinski definition) is 2. The van der Waals surface area contributed by atoms with Crippen LogP contribution in [0.2, 0.25) is 0 Å². The minimum absolute atomic E-state index is 0.0249. The van der Waals surface area contributed by atoms with E-state index in [1.807, 2.05) is 17.5 Å². The van der Waals surface area contributed by atoms with Gasteiger partial charge in [0.1, 0.15) is 5.82 Å². The van der Waals surface area contributed by atoms with Crippen molar-refractivity contribution in [3.63, 3.8) is 0 Å². The van der Waals surface area contributed by atoms with Crippen LogP contribution in [0.5, 0.6) is 0 Å². The van der Waals surface area contributed by atoms with Gasteiger partial charge in [-0.1, -0.05) is 19.4 Å². The van der Waals surface area contributed by atoms with Crippen molar-refractivity contribution in [2.75, 3.05) is 5.73 Å². The Hall–Kier alpha value is -1.88. The number of nitrogens with two attached hydrogens (primary N) is 1.